The summed E-state index contributed by atoms with van der Waals surface area (Å²) in [6.45, 7) is 12.9. The Balaban J connectivity index is 2.21. The van der Waals surface area contributed by atoms with Crippen LogP contribution in [0.4, 0.5) is 4.79 Å². The number of carbonyl (C=O) groups excluding carboxylic acids is 1. The molecule has 2 heterocycles. The van der Waals surface area contributed by atoms with Gasteiger partial charge in [0.25, 0.3) is 0 Å². The molecule has 2 saturated heterocycles. The molecule has 2 aliphatic rings. The molecule has 0 spiro atoms. The van der Waals surface area contributed by atoms with Crippen LogP contribution < -0.4 is 0 Å². The largest absolute Gasteiger partial charge is 0.444 e. The number of aliphatic hydroxyl groups excluding tert-OH is 1. The molecule has 2 rings (SSSR count). The van der Waals surface area contributed by atoms with Crippen molar-refractivity contribution in [1.29, 1.82) is 0 Å². The second kappa shape index (κ2) is 5.83. The molecule has 2 fully saturated rings. The fourth-order valence-electron chi connectivity index (χ4n) is 2.97. The van der Waals surface area contributed by atoms with Crippen LogP contribution in [-0.4, -0.2) is 58.4 Å². The Morgan fingerprint density at radius 2 is 2.05 bits per heavy atom. The molecule has 6 heteroatoms. The summed E-state index contributed by atoms with van der Waals surface area (Å²) in [5.74, 6) is 0. The van der Waals surface area contributed by atoms with E-state index in [1.54, 1.807) is 11.0 Å². The van der Waals surface area contributed by atoms with Gasteiger partial charge in [0, 0.05) is 0 Å². The molecule has 2 aliphatic heterocycles. The normalized spacial score (nSPS) is 33.6. The van der Waals surface area contributed by atoms with E-state index in [2.05, 4.69) is 6.58 Å². The number of hydrogen-bond donors (Lipinski definition) is 1. The van der Waals surface area contributed by atoms with Crippen LogP contribution in [0, 0.1) is 0 Å². The maximum absolute atomic E-state index is 12.6. The van der Waals surface area contributed by atoms with Gasteiger partial charge in [-0.15, -0.1) is 6.58 Å². The maximum Gasteiger partial charge on any atom is 0.412 e. The van der Waals surface area contributed by atoms with Crippen LogP contribution in [0.3, 0.4) is 0 Å². The molecule has 4 atom stereocenters. The number of hydrogen-bond acceptors (Lipinski definition) is 5. The molecular formula is C16H27NO5. The van der Waals surface area contributed by atoms with Crippen molar-refractivity contribution >= 4 is 6.09 Å². The van der Waals surface area contributed by atoms with Crippen molar-refractivity contribution in [2.45, 2.75) is 76.7 Å². The first-order chi connectivity index (χ1) is 10.1. The lowest BCUT2D eigenvalue weighted by Gasteiger charge is -2.34. The van der Waals surface area contributed by atoms with Gasteiger partial charge >= 0.3 is 6.09 Å². The zero-order valence-corrected chi connectivity index (χ0v) is 14.0. The van der Waals surface area contributed by atoms with Crippen LogP contribution >= 0.6 is 0 Å². The molecule has 0 radical (unpaired) electrons. The molecule has 0 aromatic heterocycles. The van der Waals surface area contributed by atoms with Gasteiger partial charge in [0.2, 0.25) is 0 Å². The summed E-state index contributed by atoms with van der Waals surface area (Å²) in [6.07, 6.45) is 1.22. The quantitative estimate of drug-likeness (QED) is 0.635. The summed E-state index contributed by atoms with van der Waals surface area (Å²) < 4.78 is 17.0. The van der Waals surface area contributed by atoms with Crippen molar-refractivity contribution < 1.29 is 24.1 Å². The second-order valence-electron chi connectivity index (χ2n) is 7.29. The van der Waals surface area contributed by atoms with Crippen LogP contribution in [-0.2, 0) is 14.2 Å². The highest BCUT2D eigenvalue weighted by molar-refractivity contribution is 5.70. The van der Waals surface area contributed by atoms with E-state index in [9.17, 15) is 9.90 Å². The van der Waals surface area contributed by atoms with Crippen molar-refractivity contribution in [2.24, 2.45) is 0 Å². The van der Waals surface area contributed by atoms with Gasteiger partial charge in [-0.2, -0.15) is 0 Å². The van der Waals surface area contributed by atoms with E-state index in [4.69, 9.17) is 14.2 Å². The summed E-state index contributed by atoms with van der Waals surface area (Å²) in [7, 11) is 0. The average molecular weight is 313 g/mol. The third kappa shape index (κ3) is 3.45. The van der Waals surface area contributed by atoms with Crippen molar-refractivity contribution in [3.8, 4) is 0 Å². The summed E-state index contributed by atoms with van der Waals surface area (Å²) in [6, 6.07) is -0.219. The van der Waals surface area contributed by atoms with E-state index in [1.165, 1.54) is 0 Å². The molecule has 0 bridgehead atoms. The van der Waals surface area contributed by atoms with Gasteiger partial charge in [-0.1, -0.05) is 6.08 Å². The highest BCUT2D eigenvalue weighted by Crippen LogP contribution is 2.42. The Labute approximate surface area is 132 Å². The predicted octanol–water partition coefficient (Wildman–Crippen LogP) is 2.06. The lowest BCUT2D eigenvalue weighted by Crippen LogP contribution is -2.50. The fraction of sp³-hybridized carbons (Fsp3) is 0.812. The van der Waals surface area contributed by atoms with Crippen LogP contribution in [0.5, 0.6) is 0 Å². The maximum atomic E-state index is 12.6. The van der Waals surface area contributed by atoms with Crippen molar-refractivity contribution in [2.75, 3.05) is 6.61 Å². The Kier molecular flexibility index (Phi) is 4.57. The van der Waals surface area contributed by atoms with Crippen molar-refractivity contribution in [3.05, 3.63) is 12.7 Å². The van der Waals surface area contributed by atoms with Gasteiger partial charge in [0.1, 0.15) is 29.6 Å². The lowest BCUT2D eigenvalue weighted by molar-refractivity contribution is -0.0826. The number of epoxide rings is 1. The highest BCUT2D eigenvalue weighted by atomic mass is 16.6. The monoisotopic (exact) mass is 313 g/mol. The van der Waals surface area contributed by atoms with Crippen molar-refractivity contribution in [3.63, 3.8) is 0 Å². The van der Waals surface area contributed by atoms with E-state index >= 15 is 0 Å². The third-order valence-electron chi connectivity index (χ3n) is 3.84. The molecule has 0 aromatic rings. The SMILES string of the molecule is C=CCC1C(C2OC2CO)OC(C)(C)N1C(=O)OC(C)(C)C. The standard InChI is InChI=1S/C16H27NO5/c1-7-8-10-12(13-11(9-18)20-13)21-16(5,6)17(10)14(19)22-15(2,3)4/h7,10-13,18H,1,8-9H2,2-6H3. The first-order valence-corrected chi connectivity index (χ1v) is 7.68. The molecule has 0 saturated carbocycles. The Morgan fingerprint density at radius 3 is 2.50 bits per heavy atom. The number of aliphatic hydroxyl groups is 1. The minimum atomic E-state index is -0.799. The zero-order valence-electron chi connectivity index (χ0n) is 14.0. The van der Waals surface area contributed by atoms with Gasteiger partial charge in [-0.3, -0.25) is 4.90 Å². The minimum absolute atomic E-state index is 0.0435. The lowest BCUT2D eigenvalue weighted by atomic mass is 10.0. The topological polar surface area (TPSA) is 71.5 Å². The third-order valence-corrected chi connectivity index (χ3v) is 3.84. The number of nitrogens with zero attached hydrogens (tertiary/aromatic N) is 1. The molecule has 126 valence electrons. The van der Waals surface area contributed by atoms with Gasteiger partial charge in [-0.05, 0) is 41.0 Å². The van der Waals surface area contributed by atoms with Gasteiger partial charge in [-0.25, -0.2) is 4.79 Å². The van der Waals surface area contributed by atoms with Crippen LogP contribution in [0.2, 0.25) is 0 Å². The Morgan fingerprint density at radius 1 is 1.41 bits per heavy atom. The number of ether oxygens (including phenoxy) is 3. The Bertz CT molecular complexity index is 442. The minimum Gasteiger partial charge on any atom is -0.444 e. The van der Waals surface area contributed by atoms with Crippen LogP contribution in [0.15, 0.2) is 12.7 Å². The highest BCUT2D eigenvalue weighted by Gasteiger charge is 2.59. The first-order valence-electron chi connectivity index (χ1n) is 7.68. The Hall–Kier alpha value is -1.11. The van der Waals surface area contributed by atoms with E-state index in [0.717, 1.165) is 0 Å². The molecule has 1 N–H and O–H groups in total. The predicted molar refractivity (Wildman–Crippen MR) is 81.4 cm³/mol. The van der Waals surface area contributed by atoms with E-state index in [-0.39, 0.29) is 31.0 Å². The van der Waals surface area contributed by atoms with Gasteiger partial charge in [0.15, 0.2) is 0 Å². The molecule has 22 heavy (non-hydrogen) atoms. The average Bonchev–Trinajstić information content (AvgIpc) is 3.07. The van der Waals surface area contributed by atoms with E-state index in [1.807, 2.05) is 34.6 Å². The van der Waals surface area contributed by atoms with E-state index < -0.39 is 17.4 Å². The molecule has 6 nitrogen and oxygen atoms in total. The van der Waals surface area contributed by atoms with Crippen LogP contribution in [0.1, 0.15) is 41.0 Å². The fourth-order valence-corrected chi connectivity index (χ4v) is 2.97. The smallest absolute Gasteiger partial charge is 0.412 e. The summed E-state index contributed by atoms with van der Waals surface area (Å²) in [5.41, 5.74) is -1.37. The number of carbonyl (C=O) groups is 1. The first kappa shape index (κ1) is 17.2. The number of rotatable bonds is 4. The van der Waals surface area contributed by atoms with Gasteiger partial charge in [0.05, 0.1) is 12.6 Å². The molecule has 1 amide bonds. The zero-order chi connectivity index (χ0) is 16.7. The second-order valence-corrected chi connectivity index (χ2v) is 7.29. The summed E-state index contributed by atoms with van der Waals surface area (Å²) in [5, 5.41) is 9.21. The summed E-state index contributed by atoms with van der Waals surface area (Å²) in [4.78, 5) is 14.2. The molecular weight excluding hydrogens is 286 g/mol. The van der Waals surface area contributed by atoms with Crippen molar-refractivity contribution in [1.82, 2.24) is 4.90 Å². The number of amides is 1. The van der Waals surface area contributed by atoms with E-state index in [0.29, 0.717) is 6.42 Å². The van der Waals surface area contributed by atoms with Crippen LogP contribution in [0.25, 0.3) is 0 Å². The summed E-state index contributed by atoms with van der Waals surface area (Å²) >= 11 is 0. The van der Waals surface area contributed by atoms with Gasteiger partial charge < -0.3 is 19.3 Å². The molecule has 0 aliphatic carbocycles. The molecule has 0 aromatic carbocycles. The molecule has 4 unspecified atom stereocenters.